The number of ether oxygens (including phenoxy) is 1. The first-order chi connectivity index (χ1) is 6.60. The van der Waals surface area contributed by atoms with Crippen LogP contribution in [0, 0.1) is 12.7 Å². The maximum Gasteiger partial charge on any atom is 0.176 e. The van der Waals surface area contributed by atoms with Gasteiger partial charge in [-0.3, -0.25) is 4.79 Å². The summed E-state index contributed by atoms with van der Waals surface area (Å²) >= 11 is 3.00. The van der Waals surface area contributed by atoms with Crippen molar-refractivity contribution in [3.63, 3.8) is 0 Å². The van der Waals surface area contributed by atoms with Crippen molar-refractivity contribution in [3.8, 4) is 5.75 Å². The van der Waals surface area contributed by atoms with E-state index >= 15 is 0 Å². The number of carbonyl (C=O) groups excluding carboxylic acids is 1. The van der Waals surface area contributed by atoms with Crippen LogP contribution in [-0.4, -0.2) is 18.2 Å². The monoisotopic (exact) mass is 260 g/mol. The number of ketones is 1. The predicted octanol–water partition coefficient (Wildman–Crippen LogP) is 2.72. The molecule has 4 heteroatoms. The van der Waals surface area contributed by atoms with Crippen molar-refractivity contribution in [2.45, 2.75) is 6.92 Å². The average molecular weight is 261 g/mol. The van der Waals surface area contributed by atoms with Gasteiger partial charge in [0.25, 0.3) is 0 Å². The first-order valence-corrected chi connectivity index (χ1v) is 5.15. The van der Waals surface area contributed by atoms with Crippen LogP contribution < -0.4 is 4.74 Å². The summed E-state index contributed by atoms with van der Waals surface area (Å²) in [6.07, 6.45) is 0. The van der Waals surface area contributed by atoms with Crippen molar-refractivity contribution >= 4 is 21.7 Å². The van der Waals surface area contributed by atoms with Gasteiger partial charge in [0.05, 0.1) is 18.0 Å². The van der Waals surface area contributed by atoms with Gasteiger partial charge in [-0.05, 0) is 24.6 Å². The van der Waals surface area contributed by atoms with E-state index in [0.29, 0.717) is 11.3 Å². The van der Waals surface area contributed by atoms with Gasteiger partial charge in [-0.1, -0.05) is 15.9 Å². The number of methoxy groups -OCH3 is 1. The summed E-state index contributed by atoms with van der Waals surface area (Å²) in [5.74, 6) is -0.270. The molecule has 1 aromatic carbocycles. The zero-order valence-corrected chi connectivity index (χ0v) is 9.52. The number of alkyl halides is 1. The molecular weight excluding hydrogens is 251 g/mol. The maximum atomic E-state index is 13.5. The second-order valence-electron chi connectivity index (χ2n) is 2.86. The SMILES string of the molecule is COc1cc(C)c(F)c(C(=O)CBr)c1. The van der Waals surface area contributed by atoms with Crippen LogP contribution in [0.1, 0.15) is 15.9 Å². The molecule has 14 heavy (non-hydrogen) atoms. The third-order valence-electron chi connectivity index (χ3n) is 1.89. The van der Waals surface area contributed by atoms with E-state index in [-0.39, 0.29) is 16.7 Å². The van der Waals surface area contributed by atoms with Gasteiger partial charge in [-0.15, -0.1) is 0 Å². The van der Waals surface area contributed by atoms with Crippen LogP contribution in [-0.2, 0) is 0 Å². The number of benzene rings is 1. The first-order valence-electron chi connectivity index (χ1n) is 4.03. The lowest BCUT2D eigenvalue weighted by molar-refractivity contribution is 0.101. The summed E-state index contributed by atoms with van der Waals surface area (Å²) in [6, 6.07) is 2.96. The summed E-state index contributed by atoms with van der Waals surface area (Å²) in [5, 5.41) is 0.108. The Balaban J connectivity index is 3.27. The average Bonchev–Trinajstić information content (AvgIpc) is 2.20. The van der Waals surface area contributed by atoms with Crippen molar-refractivity contribution in [2.24, 2.45) is 0 Å². The van der Waals surface area contributed by atoms with E-state index in [2.05, 4.69) is 15.9 Å². The summed E-state index contributed by atoms with van der Waals surface area (Å²) < 4.78 is 18.4. The molecule has 0 aliphatic heterocycles. The van der Waals surface area contributed by atoms with E-state index < -0.39 is 5.82 Å². The highest BCUT2D eigenvalue weighted by atomic mass is 79.9. The van der Waals surface area contributed by atoms with Gasteiger partial charge in [0.2, 0.25) is 0 Å². The van der Waals surface area contributed by atoms with Crippen molar-refractivity contribution in [1.29, 1.82) is 0 Å². The Hall–Kier alpha value is -0.900. The van der Waals surface area contributed by atoms with Crippen LogP contribution in [0.4, 0.5) is 4.39 Å². The highest BCUT2D eigenvalue weighted by molar-refractivity contribution is 9.09. The number of hydrogen-bond acceptors (Lipinski definition) is 2. The van der Waals surface area contributed by atoms with Gasteiger partial charge in [0.15, 0.2) is 5.78 Å². The van der Waals surface area contributed by atoms with Crippen LogP contribution in [0.25, 0.3) is 0 Å². The molecule has 0 atom stereocenters. The van der Waals surface area contributed by atoms with Gasteiger partial charge in [-0.25, -0.2) is 4.39 Å². The molecule has 0 saturated heterocycles. The first kappa shape index (κ1) is 11.2. The summed E-state index contributed by atoms with van der Waals surface area (Å²) in [4.78, 5) is 11.3. The fourth-order valence-electron chi connectivity index (χ4n) is 1.13. The Morgan fingerprint density at radius 2 is 2.21 bits per heavy atom. The summed E-state index contributed by atoms with van der Waals surface area (Å²) in [6.45, 7) is 1.60. The van der Waals surface area contributed by atoms with Crippen molar-refractivity contribution in [3.05, 3.63) is 29.1 Å². The topological polar surface area (TPSA) is 26.3 Å². The van der Waals surface area contributed by atoms with E-state index in [1.165, 1.54) is 13.2 Å². The molecule has 0 bridgehead atoms. The Bertz CT molecular complexity index is 363. The lowest BCUT2D eigenvalue weighted by atomic mass is 10.1. The molecular formula is C10H10BrFO2. The Morgan fingerprint density at radius 3 is 2.71 bits per heavy atom. The van der Waals surface area contributed by atoms with E-state index in [0.717, 1.165) is 0 Å². The minimum absolute atomic E-state index is 0.0683. The minimum atomic E-state index is -0.477. The fourth-order valence-corrected chi connectivity index (χ4v) is 1.43. The standard InChI is InChI=1S/C10H10BrFO2/c1-6-3-7(14-2)4-8(10(6)12)9(13)5-11/h3-4H,5H2,1-2H3. The van der Waals surface area contributed by atoms with Crippen LogP contribution in [0.2, 0.25) is 0 Å². The Labute approximate surface area is 90.2 Å². The number of halogens is 2. The smallest absolute Gasteiger partial charge is 0.176 e. The molecule has 0 radical (unpaired) electrons. The largest absolute Gasteiger partial charge is 0.497 e. The zero-order chi connectivity index (χ0) is 10.7. The molecule has 0 spiro atoms. The second kappa shape index (κ2) is 4.55. The fraction of sp³-hybridized carbons (Fsp3) is 0.300. The summed E-state index contributed by atoms with van der Waals surface area (Å²) in [5.41, 5.74) is 0.479. The molecule has 0 saturated carbocycles. The molecule has 0 amide bonds. The molecule has 0 heterocycles. The molecule has 0 aliphatic carbocycles. The molecule has 0 unspecified atom stereocenters. The lowest BCUT2D eigenvalue weighted by Gasteiger charge is -2.06. The summed E-state index contributed by atoms with van der Waals surface area (Å²) in [7, 11) is 1.48. The number of carbonyl (C=O) groups is 1. The molecule has 2 nitrogen and oxygen atoms in total. The molecule has 0 aliphatic rings. The lowest BCUT2D eigenvalue weighted by Crippen LogP contribution is -2.05. The van der Waals surface area contributed by atoms with Crippen molar-refractivity contribution in [2.75, 3.05) is 12.4 Å². The normalized spacial score (nSPS) is 10.0. The minimum Gasteiger partial charge on any atom is -0.497 e. The number of hydrogen-bond donors (Lipinski definition) is 0. The Morgan fingerprint density at radius 1 is 1.57 bits per heavy atom. The van der Waals surface area contributed by atoms with E-state index in [4.69, 9.17) is 4.74 Å². The van der Waals surface area contributed by atoms with Crippen LogP contribution in [0.5, 0.6) is 5.75 Å². The van der Waals surface area contributed by atoms with Crippen molar-refractivity contribution < 1.29 is 13.9 Å². The molecule has 0 N–H and O–H groups in total. The van der Waals surface area contributed by atoms with Gasteiger partial charge < -0.3 is 4.74 Å². The van der Waals surface area contributed by atoms with Gasteiger partial charge in [0, 0.05) is 0 Å². The van der Waals surface area contributed by atoms with E-state index in [1.807, 2.05) is 0 Å². The van der Waals surface area contributed by atoms with Gasteiger partial charge in [0.1, 0.15) is 11.6 Å². The van der Waals surface area contributed by atoms with E-state index in [9.17, 15) is 9.18 Å². The molecule has 0 aromatic heterocycles. The molecule has 0 fully saturated rings. The number of aryl methyl sites for hydroxylation is 1. The van der Waals surface area contributed by atoms with Crippen molar-refractivity contribution in [1.82, 2.24) is 0 Å². The molecule has 1 aromatic rings. The van der Waals surface area contributed by atoms with Crippen LogP contribution >= 0.6 is 15.9 Å². The molecule has 76 valence electrons. The second-order valence-corrected chi connectivity index (χ2v) is 3.42. The van der Waals surface area contributed by atoms with Crippen LogP contribution in [0.3, 0.4) is 0 Å². The predicted molar refractivity (Wildman–Crippen MR) is 55.8 cm³/mol. The highest BCUT2D eigenvalue weighted by Crippen LogP contribution is 2.21. The number of rotatable bonds is 3. The van der Waals surface area contributed by atoms with Gasteiger partial charge in [-0.2, -0.15) is 0 Å². The quantitative estimate of drug-likeness (QED) is 0.617. The third-order valence-corrected chi connectivity index (χ3v) is 2.39. The van der Waals surface area contributed by atoms with Gasteiger partial charge >= 0.3 is 0 Å². The Kier molecular flexibility index (Phi) is 3.63. The highest BCUT2D eigenvalue weighted by Gasteiger charge is 2.14. The van der Waals surface area contributed by atoms with E-state index in [1.54, 1.807) is 13.0 Å². The third kappa shape index (κ3) is 2.12. The zero-order valence-electron chi connectivity index (χ0n) is 7.93. The van der Waals surface area contributed by atoms with Crippen LogP contribution in [0.15, 0.2) is 12.1 Å². The number of Topliss-reactive ketones (excluding diaryl/α,β-unsaturated/α-hetero) is 1. The maximum absolute atomic E-state index is 13.5. The molecule has 1 rings (SSSR count).